The van der Waals surface area contributed by atoms with Gasteiger partial charge in [0.25, 0.3) is 0 Å². The van der Waals surface area contributed by atoms with Crippen LogP contribution in [0.25, 0.3) is 0 Å². The fraction of sp³-hybridized carbons (Fsp3) is 0.375. The molecule has 64 valence electrons. The number of rotatable bonds is 3. The maximum atomic E-state index is 8.49. The van der Waals surface area contributed by atoms with E-state index in [2.05, 4.69) is 6.07 Å². The van der Waals surface area contributed by atoms with Gasteiger partial charge < -0.3 is 4.42 Å². The van der Waals surface area contributed by atoms with Crippen LogP contribution in [-0.4, -0.2) is 5.25 Å². The summed E-state index contributed by atoms with van der Waals surface area (Å²) >= 11 is 7.10. The van der Waals surface area contributed by atoms with Crippen molar-refractivity contribution >= 4 is 23.4 Å². The van der Waals surface area contributed by atoms with E-state index in [0.29, 0.717) is 11.0 Å². The van der Waals surface area contributed by atoms with E-state index in [4.69, 9.17) is 21.3 Å². The molecule has 0 aliphatic heterocycles. The number of furan rings is 1. The van der Waals surface area contributed by atoms with Gasteiger partial charge in [-0.05, 0) is 30.7 Å². The first kappa shape index (κ1) is 9.50. The molecule has 0 radical (unpaired) electrons. The SMILES string of the molecule is CC(C#N)SCc1ccc(Cl)o1. The second-order valence-electron chi connectivity index (χ2n) is 2.29. The second kappa shape index (κ2) is 4.44. The molecule has 1 atom stereocenters. The molecular formula is C8H8ClNOS. The van der Waals surface area contributed by atoms with E-state index in [-0.39, 0.29) is 5.25 Å². The third-order valence-corrected chi connectivity index (χ3v) is 2.55. The molecule has 0 aliphatic rings. The Bertz CT molecular complexity index is 291. The number of hydrogen-bond acceptors (Lipinski definition) is 3. The van der Waals surface area contributed by atoms with Gasteiger partial charge in [-0.25, -0.2) is 0 Å². The summed E-state index contributed by atoms with van der Waals surface area (Å²) in [7, 11) is 0. The molecule has 1 aromatic heterocycles. The number of nitrogens with zero attached hydrogens (tertiary/aromatic N) is 1. The van der Waals surface area contributed by atoms with Crippen molar-refractivity contribution in [3.05, 3.63) is 23.1 Å². The fourth-order valence-corrected chi connectivity index (χ4v) is 1.48. The van der Waals surface area contributed by atoms with E-state index in [1.54, 1.807) is 6.07 Å². The average Bonchev–Trinajstić information content (AvgIpc) is 2.47. The van der Waals surface area contributed by atoms with Gasteiger partial charge in [-0.2, -0.15) is 5.26 Å². The number of halogens is 1. The minimum Gasteiger partial charge on any atom is -0.449 e. The molecule has 0 fully saturated rings. The number of hydrogen-bond donors (Lipinski definition) is 0. The molecule has 0 aliphatic carbocycles. The van der Waals surface area contributed by atoms with E-state index in [1.165, 1.54) is 11.8 Å². The molecule has 0 amide bonds. The monoisotopic (exact) mass is 201 g/mol. The Labute approximate surface area is 80.5 Å². The molecule has 1 unspecified atom stereocenters. The van der Waals surface area contributed by atoms with Gasteiger partial charge in [-0.1, -0.05) is 0 Å². The lowest BCUT2D eigenvalue weighted by Crippen LogP contribution is -1.90. The first-order valence-electron chi connectivity index (χ1n) is 3.48. The predicted octanol–water partition coefficient (Wildman–Crippen LogP) is 3.08. The highest BCUT2D eigenvalue weighted by Gasteiger charge is 2.03. The molecule has 12 heavy (non-hydrogen) atoms. The highest BCUT2D eigenvalue weighted by atomic mass is 35.5. The molecule has 0 aromatic carbocycles. The van der Waals surface area contributed by atoms with Crippen LogP contribution in [0.4, 0.5) is 0 Å². The molecular weight excluding hydrogens is 194 g/mol. The van der Waals surface area contributed by atoms with Crippen LogP contribution in [0, 0.1) is 11.3 Å². The zero-order valence-electron chi connectivity index (χ0n) is 6.58. The summed E-state index contributed by atoms with van der Waals surface area (Å²) in [5, 5.41) is 8.88. The van der Waals surface area contributed by atoms with Crippen molar-refractivity contribution in [2.24, 2.45) is 0 Å². The van der Waals surface area contributed by atoms with Gasteiger partial charge in [0.05, 0.1) is 17.1 Å². The Morgan fingerprint density at radius 2 is 2.50 bits per heavy atom. The summed E-state index contributed by atoms with van der Waals surface area (Å²) in [6.07, 6.45) is 0. The third-order valence-electron chi connectivity index (χ3n) is 1.29. The van der Waals surface area contributed by atoms with E-state index >= 15 is 0 Å². The highest BCUT2D eigenvalue weighted by Crippen LogP contribution is 2.20. The van der Waals surface area contributed by atoms with Crippen LogP contribution in [0.2, 0.25) is 5.22 Å². The first-order chi connectivity index (χ1) is 5.72. The van der Waals surface area contributed by atoms with Gasteiger partial charge in [-0.15, -0.1) is 11.8 Å². The molecule has 0 bridgehead atoms. The maximum absolute atomic E-state index is 8.49. The van der Waals surface area contributed by atoms with Crippen LogP contribution in [0.1, 0.15) is 12.7 Å². The Balaban J connectivity index is 2.39. The maximum Gasteiger partial charge on any atom is 0.193 e. The van der Waals surface area contributed by atoms with Crippen molar-refractivity contribution in [2.45, 2.75) is 17.9 Å². The van der Waals surface area contributed by atoms with E-state index < -0.39 is 0 Å². The molecule has 1 rings (SSSR count). The second-order valence-corrected chi connectivity index (χ2v) is 3.99. The van der Waals surface area contributed by atoms with Gasteiger partial charge in [0, 0.05) is 0 Å². The third kappa shape index (κ3) is 2.80. The quantitative estimate of drug-likeness (QED) is 0.754. The van der Waals surface area contributed by atoms with Gasteiger partial charge >= 0.3 is 0 Å². The van der Waals surface area contributed by atoms with Gasteiger partial charge in [-0.3, -0.25) is 0 Å². The van der Waals surface area contributed by atoms with Gasteiger partial charge in [0.2, 0.25) is 0 Å². The standard InChI is InChI=1S/C8H8ClNOS/c1-6(4-10)12-5-7-2-3-8(9)11-7/h2-3,6H,5H2,1H3. The summed E-state index contributed by atoms with van der Waals surface area (Å²) < 4.78 is 5.11. The van der Waals surface area contributed by atoms with Crippen LogP contribution in [0.5, 0.6) is 0 Å². The number of thioether (sulfide) groups is 1. The lowest BCUT2D eigenvalue weighted by atomic mass is 10.5. The Hall–Kier alpha value is -0.590. The smallest absolute Gasteiger partial charge is 0.193 e. The van der Waals surface area contributed by atoms with Crippen molar-refractivity contribution < 1.29 is 4.42 Å². The molecule has 0 N–H and O–H groups in total. The molecule has 0 saturated carbocycles. The zero-order valence-corrected chi connectivity index (χ0v) is 8.15. The molecule has 1 aromatic rings. The van der Waals surface area contributed by atoms with Crippen LogP contribution >= 0.6 is 23.4 Å². The zero-order chi connectivity index (χ0) is 8.97. The largest absolute Gasteiger partial charge is 0.449 e. The van der Waals surface area contributed by atoms with Gasteiger partial charge in [0.1, 0.15) is 5.76 Å². The van der Waals surface area contributed by atoms with E-state index in [1.807, 2.05) is 13.0 Å². The van der Waals surface area contributed by atoms with Crippen molar-refractivity contribution in [3.8, 4) is 6.07 Å². The summed E-state index contributed by atoms with van der Waals surface area (Å²) in [6.45, 7) is 1.86. The van der Waals surface area contributed by atoms with Crippen LogP contribution in [0.3, 0.4) is 0 Å². The minimum atomic E-state index is -0.00567. The van der Waals surface area contributed by atoms with Crippen LogP contribution < -0.4 is 0 Å². The summed E-state index contributed by atoms with van der Waals surface area (Å²) in [5.74, 6) is 1.51. The van der Waals surface area contributed by atoms with E-state index in [9.17, 15) is 0 Å². The Morgan fingerprint density at radius 3 is 3.00 bits per heavy atom. The molecule has 0 spiro atoms. The van der Waals surface area contributed by atoms with Crippen molar-refractivity contribution in [1.29, 1.82) is 5.26 Å². The van der Waals surface area contributed by atoms with E-state index in [0.717, 1.165) is 5.76 Å². The number of nitriles is 1. The van der Waals surface area contributed by atoms with Crippen LogP contribution in [-0.2, 0) is 5.75 Å². The summed E-state index contributed by atoms with van der Waals surface area (Å²) in [4.78, 5) is 0. The Morgan fingerprint density at radius 1 is 1.75 bits per heavy atom. The minimum absolute atomic E-state index is 0.00567. The fourth-order valence-electron chi connectivity index (χ4n) is 0.674. The van der Waals surface area contributed by atoms with Gasteiger partial charge in [0.15, 0.2) is 5.22 Å². The van der Waals surface area contributed by atoms with Crippen LogP contribution in [0.15, 0.2) is 16.5 Å². The highest BCUT2D eigenvalue weighted by molar-refractivity contribution is 7.99. The molecule has 0 saturated heterocycles. The van der Waals surface area contributed by atoms with Crippen molar-refractivity contribution in [3.63, 3.8) is 0 Å². The lowest BCUT2D eigenvalue weighted by molar-refractivity contribution is 0.532. The normalized spacial score (nSPS) is 12.4. The summed E-state index contributed by atoms with van der Waals surface area (Å²) in [5.41, 5.74) is 0. The van der Waals surface area contributed by atoms with Crippen molar-refractivity contribution in [1.82, 2.24) is 0 Å². The van der Waals surface area contributed by atoms with Crippen molar-refractivity contribution in [2.75, 3.05) is 0 Å². The Kier molecular flexibility index (Phi) is 3.51. The average molecular weight is 202 g/mol. The predicted molar refractivity (Wildman–Crippen MR) is 50.1 cm³/mol. The molecule has 4 heteroatoms. The molecule has 2 nitrogen and oxygen atoms in total. The summed E-state index contributed by atoms with van der Waals surface area (Å²) in [6, 6.07) is 5.65. The first-order valence-corrected chi connectivity index (χ1v) is 4.90. The topological polar surface area (TPSA) is 36.9 Å². The molecule has 1 heterocycles. The lowest BCUT2D eigenvalue weighted by Gasteiger charge is -1.98.